The Morgan fingerprint density at radius 1 is 1.16 bits per heavy atom. The molecular formula is C21H21ClN2O. The molecule has 1 saturated heterocycles. The van der Waals surface area contributed by atoms with Gasteiger partial charge in [-0.05, 0) is 61.6 Å². The quantitative estimate of drug-likeness (QED) is 0.680. The lowest BCUT2D eigenvalue weighted by Gasteiger charge is -2.32. The molecule has 1 aliphatic rings. The van der Waals surface area contributed by atoms with Crippen LogP contribution in [0.5, 0.6) is 0 Å². The second-order valence-corrected chi connectivity index (χ2v) is 7.31. The molecule has 0 radical (unpaired) electrons. The van der Waals surface area contributed by atoms with Crippen molar-refractivity contribution in [2.45, 2.75) is 25.7 Å². The average molecular weight is 353 g/mol. The third-order valence-corrected chi connectivity index (χ3v) is 5.40. The number of rotatable bonds is 2. The van der Waals surface area contributed by atoms with E-state index in [1.165, 1.54) is 10.9 Å². The summed E-state index contributed by atoms with van der Waals surface area (Å²) in [7, 11) is 0. The highest BCUT2D eigenvalue weighted by atomic mass is 35.5. The van der Waals surface area contributed by atoms with Crippen molar-refractivity contribution in [1.29, 1.82) is 0 Å². The van der Waals surface area contributed by atoms with Crippen LogP contribution in [0.3, 0.4) is 0 Å². The van der Waals surface area contributed by atoms with Crippen LogP contribution in [0, 0.1) is 6.92 Å². The van der Waals surface area contributed by atoms with Gasteiger partial charge >= 0.3 is 0 Å². The van der Waals surface area contributed by atoms with Crippen LogP contribution in [0.15, 0.2) is 48.7 Å². The van der Waals surface area contributed by atoms with Gasteiger partial charge in [-0.15, -0.1) is 0 Å². The van der Waals surface area contributed by atoms with E-state index < -0.39 is 0 Å². The van der Waals surface area contributed by atoms with Crippen LogP contribution in [-0.4, -0.2) is 28.9 Å². The predicted octanol–water partition coefficient (Wildman–Crippen LogP) is 5.15. The first-order chi connectivity index (χ1) is 12.1. The lowest BCUT2D eigenvalue weighted by molar-refractivity contribution is 0.0713. The van der Waals surface area contributed by atoms with Crippen molar-refractivity contribution in [3.8, 4) is 0 Å². The van der Waals surface area contributed by atoms with E-state index in [0.29, 0.717) is 5.92 Å². The topological polar surface area (TPSA) is 36.1 Å². The zero-order chi connectivity index (χ0) is 17.4. The number of carbonyl (C=O) groups is 1. The zero-order valence-corrected chi connectivity index (χ0v) is 15.0. The summed E-state index contributed by atoms with van der Waals surface area (Å²) in [5.74, 6) is 0.609. The van der Waals surface area contributed by atoms with Crippen molar-refractivity contribution in [2.75, 3.05) is 13.1 Å². The van der Waals surface area contributed by atoms with Crippen molar-refractivity contribution in [2.24, 2.45) is 0 Å². The van der Waals surface area contributed by atoms with Crippen LogP contribution in [0.4, 0.5) is 0 Å². The van der Waals surface area contributed by atoms with Crippen LogP contribution in [0.1, 0.15) is 40.2 Å². The van der Waals surface area contributed by atoms with Gasteiger partial charge in [-0.25, -0.2) is 0 Å². The van der Waals surface area contributed by atoms with Crippen LogP contribution in [0.25, 0.3) is 10.9 Å². The Balaban J connectivity index is 1.49. The normalized spacial score (nSPS) is 15.7. The number of carbonyl (C=O) groups excluding carboxylic acids is 1. The molecule has 0 saturated carbocycles. The van der Waals surface area contributed by atoms with Gasteiger partial charge in [0.05, 0.1) is 0 Å². The Morgan fingerprint density at radius 2 is 1.96 bits per heavy atom. The number of nitrogens with one attached hydrogen (secondary N) is 1. The highest BCUT2D eigenvalue weighted by Crippen LogP contribution is 2.34. The van der Waals surface area contributed by atoms with Gasteiger partial charge in [0, 0.05) is 40.8 Å². The molecule has 1 fully saturated rings. The fourth-order valence-electron chi connectivity index (χ4n) is 3.81. The van der Waals surface area contributed by atoms with E-state index >= 15 is 0 Å². The molecule has 0 aliphatic carbocycles. The zero-order valence-electron chi connectivity index (χ0n) is 14.3. The summed E-state index contributed by atoms with van der Waals surface area (Å²) in [5.41, 5.74) is 4.35. The number of piperidine rings is 1. The molecule has 1 aromatic heterocycles. The van der Waals surface area contributed by atoms with Gasteiger partial charge in [0.2, 0.25) is 0 Å². The number of benzene rings is 2. The van der Waals surface area contributed by atoms with Gasteiger partial charge in [0.15, 0.2) is 0 Å². The predicted molar refractivity (Wildman–Crippen MR) is 102 cm³/mol. The minimum absolute atomic E-state index is 0.143. The highest BCUT2D eigenvalue weighted by Gasteiger charge is 2.26. The number of halogens is 1. The smallest absolute Gasteiger partial charge is 0.253 e. The fraction of sp³-hybridized carbons (Fsp3) is 0.286. The molecule has 3 aromatic rings. The number of nitrogens with zero attached hydrogens (tertiary/aromatic N) is 1. The molecule has 4 rings (SSSR count). The molecule has 0 unspecified atom stereocenters. The third-order valence-electron chi connectivity index (χ3n) is 5.16. The maximum atomic E-state index is 12.7. The van der Waals surface area contributed by atoms with Crippen molar-refractivity contribution in [1.82, 2.24) is 9.88 Å². The van der Waals surface area contributed by atoms with Gasteiger partial charge in [0.25, 0.3) is 5.91 Å². The average Bonchev–Trinajstić information content (AvgIpc) is 3.04. The molecule has 2 heterocycles. The van der Waals surface area contributed by atoms with Crippen molar-refractivity contribution < 1.29 is 4.79 Å². The Morgan fingerprint density at radius 3 is 2.72 bits per heavy atom. The van der Waals surface area contributed by atoms with E-state index in [4.69, 9.17) is 11.6 Å². The van der Waals surface area contributed by atoms with Gasteiger partial charge in [-0.2, -0.15) is 0 Å². The molecule has 0 atom stereocenters. The first-order valence-corrected chi connectivity index (χ1v) is 9.12. The van der Waals surface area contributed by atoms with Gasteiger partial charge in [-0.1, -0.05) is 29.3 Å². The van der Waals surface area contributed by atoms with Gasteiger partial charge in [-0.3, -0.25) is 4.79 Å². The lowest BCUT2D eigenvalue weighted by atomic mass is 9.89. The monoisotopic (exact) mass is 352 g/mol. The number of aromatic nitrogens is 1. The summed E-state index contributed by atoms with van der Waals surface area (Å²) in [6.45, 7) is 3.61. The summed E-state index contributed by atoms with van der Waals surface area (Å²) in [5, 5.41) is 1.97. The van der Waals surface area contributed by atoms with Gasteiger partial charge in [0.1, 0.15) is 0 Å². The van der Waals surface area contributed by atoms with Crippen molar-refractivity contribution in [3.63, 3.8) is 0 Å². The lowest BCUT2D eigenvalue weighted by Crippen LogP contribution is -2.37. The standard InChI is InChI=1S/C21H21ClN2O/c1-14-3-2-4-16(11-14)21(25)24-9-7-15(8-10-24)19-13-23-20-6-5-17(22)12-18(19)20/h2-6,11-13,15,23H,7-10H2,1H3. The molecule has 1 amide bonds. The number of hydrogen-bond donors (Lipinski definition) is 1. The fourth-order valence-corrected chi connectivity index (χ4v) is 3.98. The van der Waals surface area contributed by atoms with E-state index in [-0.39, 0.29) is 5.91 Å². The first-order valence-electron chi connectivity index (χ1n) is 8.74. The molecule has 0 bridgehead atoms. The minimum atomic E-state index is 0.143. The van der Waals surface area contributed by atoms with E-state index in [1.54, 1.807) is 0 Å². The first kappa shape index (κ1) is 16.2. The molecular weight excluding hydrogens is 332 g/mol. The number of fused-ring (bicyclic) bond motifs is 1. The summed E-state index contributed by atoms with van der Waals surface area (Å²) in [6.07, 6.45) is 4.07. The van der Waals surface area contributed by atoms with Crippen LogP contribution < -0.4 is 0 Å². The number of aromatic amines is 1. The number of likely N-dealkylation sites (tertiary alicyclic amines) is 1. The maximum absolute atomic E-state index is 12.7. The van der Waals surface area contributed by atoms with E-state index in [0.717, 1.165) is 47.6 Å². The molecule has 0 spiro atoms. The molecule has 1 N–H and O–H groups in total. The molecule has 128 valence electrons. The second kappa shape index (κ2) is 6.57. The Bertz CT molecular complexity index is 923. The number of H-pyrrole nitrogens is 1. The molecule has 25 heavy (non-hydrogen) atoms. The van der Waals surface area contributed by atoms with E-state index in [2.05, 4.69) is 11.2 Å². The minimum Gasteiger partial charge on any atom is -0.361 e. The molecule has 3 nitrogen and oxygen atoms in total. The summed E-state index contributed by atoms with van der Waals surface area (Å²) < 4.78 is 0. The Hall–Kier alpha value is -2.26. The number of amides is 1. The van der Waals surface area contributed by atoms with E-state index in [1.807, 2.05) is 54.3 Å². The van der Waals surface area contributed by atoms with Gasteiger partial charge < -0.3 is 9.88 Å². The number of aryl methyl sites for hydroxylation is 1. The number of hydrogen-bond acceptors (Lipinski definition) is 1. The van der Waals surface area contributed by atoms with Crippen LogP contribution in [0.2, 0.25) is 5.02 Å². The summed E-state index contributed by atoms with van der Waals surface area (Å²) in [4.78, 5) is 18.0. The summed E-state index contributed by atoms with van der Waals surface area (Å²) in [6, 6.07) is 13.8. The third kappa shape index (κ3) is 3.16. The van der Waals surface area contributed by atoms with Crippen molar-refractivity contribution in [3.05, 3.63) is 70.4 Å². The van der Waals surface area contributed by atoms with Crippen LogP contribution >= 0.6 is 11.6 Å². The van der Waals surface area contributed by atoms with E-state index in [9.17, 15) is 4.79 Å². The molecule has 1 aliphatic heterocycles. The maximum Gasteiger partial charge on any atom is 0.253 e. The summed E-state index contributed by atoms with van der Waals surface area (Å²) >= 11 is 6.17. The molecule has 4 heteroatoms. The highest BCUT2D eigenvalue weighted by molar-refractivity contribution is 6.31. The second-order valence-electron chi connectivity index (χ2n) is 6.87. The van der Waals surface area contributed by atoms with Crippen molar-refractivity contribution >= 4 is 28.4 Å². The SMILES string of the molecule is Cc1cccc(C(=O)N2CCC(c3c[nH]c4ccc(Cl)cc34)CC2)c1. The Kier molecular flexibility index (Phi) is 4.26. The molecule has 2 aromatic carbocycles. The Labute approximate surface area is 152 Å². The largest absolute Gasteiger partial charge is 0.361 e. The van der Waals surface area contributed by atoms with Crippen LogP contribution in [-0.2, 0) is 0 Å².